The average Bonchev–Trinajstić information content (AvgIpc) is 3.03. The lowest BCUT2D eigenvalue weighted by Crippen LogP contribution is -2.23. The highest BCUT2D eigenvalue weighted by Crippen LogP contribution is 2.35. The maximum atomic E-state index is 13.4. The van der Waals surface area contributed by atoms with Crippen LogP contribution in [0.25, 0.3) is 33.5 Å². The number of fused-ring (bicyclic) bond motifs is 1. The minimum atomic E-state index is -0.506. The summed E-state index contributed by atoms with van der Waals surface area (Å²) in [5.41, 5.74) is 8.63. The molecule has 0 aliphatic carbocycles. The molecule has 5 heteroatoms. The van der Waals surface area contributed by atoms with Crippen molar-refractivity contribution in [1.82, 2.24) is 19.7 Å². The molecular formula is C24H25FN4. The predicted octanol–water partition coefficient (Wildman–Crippen LogP) is 5.98. The summed E-state index contributed by atoms with van der Waals surface area (Å²) in [6.07, 6.45) is 1.52. The van der Waals surface area contributed by atoms with E-state index in [1.165, 1.54) is 23.4 Å². The molecule has 4 aromatic rings. The number of aryl methyl sites for hydroxylation is 2. The molecule has 0 aliphatic heterocycles. The Hall–Kier alpha value is -3.08. The first-order chi connectivity index (χ1) is 13.7. The first-order valence-electron chi connectivity index (χ1n) is 9.76. The molecule has 0 amide bonds. The number of halogens is 1. The first-order valence-corrected chi connectivity index (χ1v) is 9.76. The standard InChI is InChI=1S/C24H25FN4/c1-14-8-7-9-18(16(14)3)21-15(2)12-19-23(27-21)22(28-29(19)24(4,5)6)17-10-11-20(25)26-13-17/h7-13H,1-6H3. The molecule has 0 fully saturated rings. The Kier molecular flexibility index (Phi) is 4.49. The van der Waals surface area contributed by atoms with Gasteiger partial charge in [0.05, 0.1) is 16.7 Å². The number of rotatable bonds is 2. The number of aromatic nitrogens is 4. The normalized spacial score (nSPS) is 12.0. The van der Waals surface area contributed by atoms with E-state index in [4.69, 9.17) is 10.1 Å². The van der Waals surface area contributed by atoms with Gasteiger partial charge in [-0.15, -0.1) is 0 Å². The minimum Gasteiger partial charge on any atom is -0.257 e. The van der Waals surface area contributed by atoms with Gasteiger partial charge in [-0.25, -0.2) is 9.97 Å². The highest BCUT2D eigenvalue weighted by atomic mass is 19.1. The van der Waals surface area contributed by atoms with Gasteiger partial charge in [0.15, 0.2) is 0 Å². The summed E-state index contributed by atoms with van der Waals surface area (Å²) in [7, 11) is 0. The van der Waals surface area contributed by atoms with Crippen molar-refractivity contribution in [3.8, 4) is 22.5 Å². The summed E-state index contributed by atoms with van der Waals surface area (Å²) in [5.74, 6) is -0.506. The van der Waals surface area contributed by atoms with Crippen LogP contribution in [0.2, 0.25) is 0 Å². The van der Waals surface area contributed by atoms with E-state index >= 15 is 0 Å². The smallest absolute Gasteiger partial charge is 0.212 e. The van der Waals surface area contributed by atoms with Crippen LogP contribution in [0.5, 0.6) is 0 Å². The molecule has 4 nitrogen and oxygen atoms in total. The molecule has 0 unspecified atom stereocenters. The Morgan fingerprint density at radius 1 is 0.931 bits per heavy atom. The highest BCUT2D eigenvalue weighted by Gasteiger charge is 2.24. The summed E-state index contributed by atoms with van der Waals surface area (Å²) >= 11 is 0. The van der Waals surface area contributed by atoms with Crippen LogP contribution in [0.3, 0.4) is 0 Å². The first kappa shape index (κ1) is 19.2. The topological polar surface area (TPSA) is 43.6 Å². The molecular weight excluding hydrogens is 363 g/mol. The van der Waals surface area contributed by atoms with E-state index in [1.807, 2.05) is 4.68 Å². The van der Waals surface area contributed by atoms with Gasteiger partial charge in [-0.05, 0) is 76.4 Å². The third kappa shape index (κ3) is 3.31. The third-order valence-corrected chi connectivity index (χ3v) is 5.34. The van der Waals surface area contributed by atoms with Gasteiger partial charge in [-0.3, -0.25) is 4.68 Å². The Morgan fingerprint density at radius 2 is 1.69 bits per heavy atom. The molecule has 0 bridgehead atoms. The Morgan fingerprint density at radius 3 is 2.34 bits per heavy atom. The molecule has 3 heterocycles. The molecule has 0 atom stereocenters. The fraction of sp³-hybridized carbons (Fsp3) is 0.292. The highest BCUT2D eigenvalue weighted by molar-refractivity contribution is 5.92. The summed E-state index contributed by atoms with van der Waals surface area (Å²) in [5, 5.41) is 4.87. The monoisotopic (exact) mass is 388 g/mol. The van der Waals surface area contributed by atoms with Gasteiger partial charge >= 0.3 is 0 Å². The van der Waals surface area contributed by atoms with Gasteiger partial charge < -0.3 is 0 Å². The fourth-order valence-electron chi connectivity index (χ4n) is 3.64. The summed E-state index contributed by atoms with van der Waals surface area (Å²) < 4.78 is 15.4. The number of hydrogen-bond acceptors (Lipinski definition) is 3. The molecule has 0 aliphatic rings. The fourth-order valence-corrected chi connectivity index (χ4v) is 3.64. The lowest BCUT2D eigenvalue weighted by atomic mass is 9.97. The number of nitrogens with zero attached hydrogens (tertiary/aromatic N) is 4. The van der Waals surface area contributed by atoms with Gasteiger partial charge in [-0.1, -0.05) is 18.2 Å². The van der Waals surface area contributed by atoms with Crippen LogP contribution in [-0.4, -0.2) is 19.7 Å². The van der Waals surface area contributed by atoms with Crippen molar-refractivity contribution >= 4 is 11.0 Å². The van der Waals surface area contributed by atoms with Crippen LogP contribution in [0, 0.1) is 26.7 Å². The van der Waals surface area contributed by atoms with Crippen molar-refractivity contribution in [2.75, 3.05) is 0 Å². The second kappa shape index (κ2) is 6.76. The third-order valence-electron chi connectivity index (χ3n) is 5.34. The van der Waals surface area contributed by atoms with Gasteiger partial charge in [0.2, 0.25) is 5.95 Å². The quantitative estimate of drug-likeness (QED) is 0.397. The largest absolute Gasteiger partial charge is 0.257 e. The van der Waals surface area contributed by atoms with Gasteiger partial charge in [0.25, 0.3) is 0 Å². The molecule has 0 N–H and O–H groups in total. The Balaban J connectivity index is 2.05. The van der Waals surface area contributed by atoms with Crippen molar-refractivity contribution in [1.29, 1.82) is 0 Å². The van der Waals surface area contributed by atoms with Gasteiger partial charge in [0.1, 0.15) is 11.2 Å². The summed E-state index contributed by atoms with van der Waals surface area (Å²) in [6, 6.07) is 11.5. The van der Waals surface area contributed by atoms with Crippen molar-refractivity contribution in [3.63, 3.8) is 0 Å². The van der Waals surface area contributed by atoms with Crippen LogP contribution >= 0.6 is 0 Å². The van der Waals surface area contributed by atoms with Crippen LogP contribution in [-0.2, 0) is 5.54 Å². The molecule has 1 aromatic carbocycles. The van der Waals surface area contributed by atoms with Crippen LogP contribution in [0.15, 0.2) is 42.6 Å². The molecule has 148 valence electrons. The van der Waals surface area contributed by atoms with Gasteiger partial charge in [0, 0.05) is 17.3 Å². The molecule has 3 aromatic heterocycles. The summed E-state index contributed by atoms with van der Waals surface area (Å²) in [6.45, 7) is 12.7. The molecule has 0 radical (unpaired) electrons. The Labute approximate surface area is 170 Å². The van der Waals surface area contributed by atoms with Crippen LogP contribution < -0.4 is 0 Å². The molecule has 0 saturated carbocycles. The van der Waals surface area contributed by atoms with E-state index in [9.17, 15) is 4.39 Å². The number of benzene rings is 1. The van der Waals surface area contributed by atoms with E-state index in [2.05, 4.69) is 70.8 Å². The van der Waals surface area contributed by atoms with Crippen LogP contribution in [0.4, 0.5) is 4.39 Å². The second-order valence-corrected chi connectivity index (χ2v) is 8.57. The van der Waals surface area contributed by atoms with Crippen molar-refractivity contribution < 1.29 is 4.39 Å². The average molecular weight is 388 g/mol. The van der Waals surface area contributed by atoms with Crippen LogP contribution in [0.1, 0.15) is 37.5 Å². The lowest BCUT2D eigenvalue weighted by Gasteiger charge is -2.20. The van der Waals surface area contributed by atoms with Crippen molar-refractivity contribution in [2.45, 2.75) is 47.1 Å². The van der Waals surface area contributed by atoms with Crippen molar-refractivity contribution in [2.24, 2.45) is 0 Å². The zero-order valence-corrected chi connectivity index (χ0v) is 17.7. The van der Waals surface area contributed by atoms with Gasteiger partial charge in [-0.2, -0.15) is 9.49 Å². The zero-order valence-electron chi connectivity index (χ0n) is 17.7. The Bertz CT molecular complexity index is 1210. The number of hydrogen-bond donors (Lipinski definition) is 0. The maximum absolute atomic E-state index is 13.4. The second-order valence-electron chi connectivity index (χ2n) is 8.57. The zero-order chi connectivity index (χ0) is 20.9. The summed E-state index contributed by atoms with van der Waals surface area (Å²) in [4.78, 5) is 8.89. The van der Waals surface area contributed by atoms with Crippen molar-refractivity contribution in [3.05, 3.63) is 65.2 Å². The van der Waals surface area contributed by atoms with E-state index in [1.54, 1.807) is 6.07 Å². The lowest BCUT2D eigenvalue weighted by molar-refractivity contribution is 0.369. The SMILES string of the molecule is Cc1cc2c(nc1-c1cccc(C)c1C)c(-c1ccc(F)nc1)nn2C(C)(C)C. The minimum absolute atomic E-state index is 0.223. The predicted molar refractivity (Wildman–Crippen MR) is 115 cm³/mol. The molecule has 0 saturated heterocycles. The molecule has 0 spiro atoms. The van der Waals surface area contributed by atoms with E-state index < -0.39 is 5.95 Å². The van der Waals surface area contributed by atoms with E-state index in [0.717, 1.165) is 33.4 Å². The van der Waals surface area contributed by atoms with E-state index in [0.29, 0.717) is 5.69 Å². The number of pyridine rings is 2. The molecule has 29 heavy (non-hydrogen) atoms. The molecule has 4 rings (SSSR count). The van der Waals surface area contributed by atoms with E-state index in [-0.39, 0.29) is 5.54 Å². The maximum Gasteiger partial charge on any atom is 0.212 e.